The molecular formula is C22H20FIN6S. The third-order valence-electron chi connectivity index (χ3n) is 5.32. The number of fused-ring (bicyclic) bond motifs is 2. The fourth-order valence-electron chi connectivity index (χ4n) is 3.82. The van der Waals surface area contributed by atoms with E-state index in [9.17, 15) is 4.39 Å². The van der Waals surface area contributed by atoms with E-state index in [1.807, 2.05) is 46.7 Å². The van der Waals surface area contributed by atoms with Crippen LogP contribution in [0.2, 0.25) is 0 Å². The van der Waals surface area contributed by atoms with Crippen molar-refractivity contribution in [2.75, 3.05) is 23.3 Å². The fourth-order valence-corrected chi connectivity index (χ4v) is 5.66. The maximum atomic E-state index is 14.0. The molecule has 0 amide bonds. The van der Waals surface area contributed by atoms with Gasteiger partial charge in [0.15, 0.2) is 17.0 Å². The second kappa shape index (κ2) is 8.62. The number of aromatic nitrogens is 4. The zero-order chi connectivity index (χ0) is 21.4. The van der Waals surface area contributed by atoms with Crippen molar-refractivity contribution in [2.45, 2.75) is 24.3 Å². The summed E-state index contributed by atoms with van der Waals surface area (Å²) in [7, 11) is 0. The van der Waals surface area contributed by atoms with Crippen molar-refractivity contribution in [3.63, 3.8) is 0 Å². The Morgan fingerprint density at radius 3 is 2.84 bits per heavy atom. The average Bonchev–Trinajstić information content (AvgIpc) is 3.34. The number of para-hydroxylation sites is 1. The standard InChI is InChI=1S/C22H20FIN6S/c23-22-28-20(25)19-21(29-22)30(8-7-26-15-4-2-1-3-5-15)18(27-19)12-14-11-17-13(6-9-31-17)10-16(14)24/h1-5,10-11,26H,6-9,12H2,(H2,25,28,29). The van der Waals surface area contributed by atoms with Crippen molar-refractivity contribution in [3.8, 4) is 0 Å². The molecule has 2 aromatic heterocycles. The van der Waals surface area contributed by atoms with Gasteiger partial charge >= 0.3 is 6.08 Å². The molecule has 0 fully saturated rings. The zero-order valence-electron chi connectivity index (χ0n) is 16.6. The molecule has 0 saturated carbocycles. The predicted octanol–water partition coefficient (Wildman–Crippen LogP) is 4.50. The van der Waals surface area contributed by atoms with Crippen LogP contribution in [0.15, 0.2) is 47.4 Å². The first-order valence-electron chi connectivity index (χ1n) is 9.99. The third kappa shape index (κ3) is 4.20. The van der Waals surface area contributed by atoms with Gasteiger partial charge in [-0.2, -0.15) is 14.4 Å². The molecule has 0 bridgehead atoms. The molecule has 0 radical (unpaired) electrons. The molecule has 0 atom stereocenters. The first-order valence-corrected chi connectivity index (χ1v) is 12.1. The molecule has 0 spiro atoms. The number of halogens is 2. The van der Waals surface area contributed by atoms with E-state index in [-0.39, 0.29) is 5.82 Å². The Bertz CT molecular complexity index is 1260. The summed E-state index contributed by atoms with van der Waals surface area (Å²) in [4.78, 5) is 13.7. The Morgan fingerprint density at radius 1 is 1.16 bits per heavy atom. The smallest absolute Gasteiger partial charge is 0.312 e. The summed E-state index contributed by atoms with van der Waals surface area (Å²) >= 11 is 4.28. The van der Waals surface area contributed by atoms with Gasteiger partial charge in [0, 0.05) is 39.4 Å². The Hall–Kier alpha value is -2.40. The van der Waals surface area contributed by atoms with Gasteiger partial charge in [0.25, 0.3) is 0 Å². The number of nitrogen functional groups attached to an aromatic ring is 1. The lowest BCUT2D eigenvalue weighted by atomic mass is 10.1. The topological polar surface area (TPSA) is 81.7 Å². The molecule has 9 heteroatoms. The van der Waals surface area contributed by atoms with Crippen LogP contribution in [0.3, 0.4) is 0 Å². The number of imidazole rings is 1. The van der Waals surface area contributed by atoms with E-state index in [2.05, 4.69) is 50.0 Å². The molecule has 1 aliphatic heterocycles. The van der Waals surface area contributed by atoms with Gasteiger partial charge in [0.2, 0.25) is 0 Å². The van der Waals surface area contributed by atoms with Crippen LogP contribution in [-0.4, -0.2) is 31.8 Å². The van der Waals surface area contributed by atoms with E-state index < -0.39 is 6.08 Å². The fraction of sp³-hybridized carbons (Fsp3) is 0.227. The second-order valence-corrected chi connectivity index (χ2v) is 9.65. The molecule has 0 aliphatic carbocycles. The monoisotopic (exact) mass is 546 g/mol. The lowest BCUT2D eigenvalue weighted by Crippen LogP contribution is -2.14. The van der Waals surface area contributed by atoms with Gasteiger partial charge in [-0.25, -0.2) is 4.98 Å². The highest BCUT2D eigenvalue weighted by Gasteiger charge is 2.20. The lowest BCUT2D eigenvalue weighted by molar-refractivity contribution is 0.542. The summed E-state index contributed by atoms with van der Waals surface area (Å²) in [5, 5.41) is 3.39. The highest BCUT2D eigenvalue weighted by Crippen LogP contribution is 2.35. The molecule has 6 nitrogen and oxygen atoms in total. The van der Waals surface area contributed by atoms with Crippen LogP contribution in [0.1, 0.15) is 17.0 Å². The van der Waals surface area contributed by atoms with Gasteiger partial charge in [-0.15, -0.1) is 11.8 Å². The van der Waals surface area contributed by atoms with Crippen LogP contribution < -0.4 is 11.1 Å². The van der Waals surface area contributed by atoms with Crippen molar-refractivity contribution in [2.24, 2.45) is 0 Å². The highest BCUT2D eigenvalue weighted by molar-refractivity contribution is 14.1. The summed E-state index contributed by atoms with van der Waals surface area (Å²) in [5.41, 5.74) is 10.5. The number of rotatable bonds is 6. The number of benzene rings is 2. The lowest BCUT2D eigenvalue weighted by Gasteiger charge is -2.12. The Morgan fingerprint density at radius 2 is 2.00 bits per heavy atom. The molecule has 4 aromatic rings. The van der Waals surface area contributed by atoms with Crippen molar-refractivity contribution < 1.29 is 4.39 Å². The van der Waals surface area contributed by atoms with Crippen molar-refractivity contribution in [3.05, 3.63) is 69.1 Å². The number of nitrogens with two attached hydrogens (primary N) is 1. The second-order valence-electron chi connectivity index (χ2n) is 7.35. The molecule has 1 aliphatic rings. The van der Waals surface area contributed by atoms with Gasteiger partial charge < -0.3 is 15.6 Å². The molecule has 2 aromatic carbocycles. The molecular weight excluding hydrogens is 526 g/mol. The average molecular weight is 546 g/mol. The Labute approximate surface area is 197 Å². The number of nitrogens with one attached hydrogen (secondary N) is 1. The van der Waals surface area contributed by atoms with Crippen molar-refractivity contribution in [1.29, 1.82) is 0 Å². The van der Waals surface area contributed by atoms with E-state index in [0.717, 1.165) is 23.7 Å². The molecule has 0 saturated heterocycles. The van der Waals surface area contributed by atoms with Crippen molar-refractivity contribution >= 4 is 57.0 Å². The summed E-state index contributed by atoms with van der Waals surface area (Å²) in [6, 6.07) is 14.5. The van der Waals surface area contributed by atoms with Gasteiger partial charge in [0.1, 0.15) is 5.82 Å². The minimum atomic E-state index is -0.836. The minimum Gasteiger partial charge on any atom is -0.383 e. The SMILES string of the molecule is Nc1nc(F)nc2c1nc(Cc1cc3c(cc1I)CCS3)n2CCNc1ccccc1. The van der Waals surface area contributed by atoms with Gasteiger partial charge in [0.05, 0.1) is 0 Å². The molecule has 31 heavy (non-hydrogen) atoms. The maximum Gasteiger partial charge on any atom is 0.312 e. The minimum absolute atomic E-state index is 0.0673. The first-order chi connectivity index (χ1) is 15.1. The molecule has 158 valence electrons. The molecule has 5 rings (SSSR count). The summed E-state index contributed by atoms with van der Waals surface area (Å²) in [6.45, 7) is 1.22. The number of hydrogen-bond acceptors (Lipinski definition) is 6. The first kappa shape index (κ1) is 20.5. The van der Waals surface area contributed by atoms with Gasteiger partial charge in [-0.3, -0.25) is 0 Å². The third-order valence-corrected chi connectivity index (χ3v) is 7.42. The maximum absolute atomic E-state index is 14.0. The van der Waals surface area contributed by atoms with E-state index in [1.54, 1.807) is 0 Å². The van der Waals surface area contributed by atoms with Gasteiger partial charge in [-0.1, -0.05) is 18.2 Å². The summed E-state index contributed by atoms with van der Waals surface area (Å²) < 4.78 is 17.1. The Kier molecular flexibility index (Phi) is 5.70. The van der Waals surface area contributed by atoms with Crippen LogP contribution in [0.5, 0.6) is 0 Å². The normalized spacial score (nSPS) is 13.0. The number of anilines is 2. The Balaban J connectivity index is 1.49. The zero-order valence-corrected chi connectivity index (χ0v) is 19.6. The van der Waals surface area contributed by atoms with E-state index in [0.29, 0.717) is 30.7 Å². The van der Waals surface area contributed by atoms with Crippen LogP contribution in [0.25, 0.3) is 11.2 Å². The van der Waals surface area contributed by atoms with Crippen molar-refractivity contribution in [1.82, 2.24) is 19.5 Å². The number of thioether (sulfide) groups is 1. The molecule has 0 unspecified atom stereocenters. The molecule has 3 heterocycles. The van der Waals surface area contributed by atoms with E-state index >= 15 is 0 Å². The largest absolute Gasteiger partial charge is 0.383 e. The summed E-state index contributed by atoms with van der Waals surface area (Å²) in [6.07, 6.45) is 0.900. The van der Waals surface area contributed by atoms with Crippen LogP contribution in [0.4, 0.5) is 15.9 Å². The van der Waals surface area contributed by atoms with E-state index in [4.69, 9.17) is 10.7 Å². The molecule has 3 N–H and O–H groups in total. The van der Waals surface area contributed by atoms with E-state index in [1.165, 1.54) is 19.6 Å². The predicted molar refractivity (Wildman–Crippen MR) is 131 cm³/mol. The van der Waals surface area contributed by atoms with Crippen LogP contribution in [-0.2, 0) is 19.4 Å². The van der Waals surface area contributed by atoms with Crippen LogP contribution in [0, 0.1) is 9.65 Å². The van der Waals surface area contributed by atoms with Gasteiger partial charge in [-0.05, 0) is 64.4 Å². The number of nitrogens with zero attached hydrogens (tertiary/aromatic N) is 4. The quantitative estimate of drug-likeness (QED) is 0.274. The number of aryl methyl sites for hydroxylation is 1. The highest BCUT2D eigenvalue weighted by atomic mass is 127. The van der Waals surface area contributed by atoms with Crippen LogP contribution >= 0.6 is 34.4 Å². The number of hydrogen-bond donors (Lipinski definition) is 2. The summed E-state index contributed by atoms with van der Waals surface area (Å²) in [5.74, 6) is 2.00.